The monoisotopic (exact) mass is 285 g/mol. The van der Waals surface area contributed by atoms with Crippen molar-refractivity contribution in [3.8, 4) is 0 Å². The lowest BCUT2D eigenvalue weighted by Gasteiger charge is -2.06. The molecule has 0 aromatic heterocycles. The number of nitrogen functional groups attached to an aromatic ring is 1. The van der Waals surface area contributed by atoms with E-state index in [1.165, 1.54) is 18.2 Å². The first-order valence-electron chi connectivity index (χ1n) is 5.62. The Morgan fingerprint density at radius 1 is 1.53 bits per heavy atom. The summed E-state index contributed by atoms with van der Waals surface area (Å²) in [4.78, 5) is 22.0. The molecule has 0 bridgehead atoms. The number of hydrogen-bond acceptors (Lipinski definition) is 5. The number of hydrogen-bond donors (Lipinski definition) is 2. The maximum absolute atomic E-state index is 11.8. The van der Waals surface area contributed by atoms with E-state index < -0.39 is 21.6 Å². The van der Waals surface area contributed by atoms with Gasteiger partial charge in [-0.05, 0) is 12.1 Å². The van der Waals surface area contributed by atoms with E-state index in [-0.39, 0.29) is 23.5 Å². The van der Waals surface area contributed by atoms with Crippen molar-refractivity contribution in [1.82, 2.24) is 5.32 Å². The lowest BCUT2D eigenvalue weighted by atomic mass is 10.1. The predicted octanol–water partition coefficient (Wildman–Crippen LogP) is 0.675. The third kappa shape index (κ3) is 4.32. The van der Waals surface area contributed by atoms with Gasteiger partial charge in [-0.15, -0.1) is 0 Å². The van der Waals surface area contributed by atoms with Crippen LogP contribution in [0.4, 0.5) is 11.4 Å². The van der Waals surface area contributed by atoms with Crippen LogP contribution in [-0.4, -0.2) is 33.1 Å². The zero-order chi connectivity index (χ0) is 14.4. The molecule has 1 aromatic rings. The fraction of sp³-hybridized carbons (Fsp3) is 0.364. The number of anilines is 1. The molecule has 0 saturated carbocycles. The Kier molecular flexibility index (Phi) is 5.43. The molecule has 0 heterocycles. The lowest BCUT2D eigenvalue weighted by Crippen LogP contribution is -2.28. The molecule has 1 rings (SSSR count). The summed E-state index contributed by atoms with van der Waals surface area (Å²) in [6.07, 6.45) is 0. The first kappa shape index (κ1) is 15.1. The van der Waals surface area contributed by atoms with Crippen molar-refractivity contribution < 1.29 is 13.9 Å². The molecule has 1 unspecified atom stereocenters. The second kappa shape index (κ2) is 6.83. The normalized spacial score (nSPS) is 11.8. The minimum atomic E-state index is -0.992. The Balaban J connectivity index is 2.78. The van der Waals surface area contributed by atoms with Crippen molar-refractivity contribution in [2.45, 2.75) is 6.92 Å². The number of nitro groups is 1. The summed E-state index contributed by atoms with van der Waals surface area (Å²) in [6, 6.07) is 3.81. The highest BCUT2D eigenvalue weighted by atomic mass is 32.2. The number of nitrogens with one attached hydrogen (secondary N) is 1. The summed E-state index contributed by atoms with van der Waals surface area (Å²) in [7, 11) is -0.992. The number of amides is 1. The molecule has 0 radical (unpaired) electrons. The van der Waals surface area contributed by atoms with Gasteiger partial charge in [0.05, 0.1) is 4.92 Å². The molecule has 0 aliphatic carbocycles. The number of carbonyl (C=O) groups excluding carboxylic acids is 1. The van der Waals surface area contributed by atoms with E-state index in [9.17, 15) is 19.1 Å². The minimum absolute atomic E-state index is 0.0905. The van der Waals surface area contributed by atoms with E-state index in [0.29, 0.717) is 11.5 Å². The van der Waals surface area contributed by atoms with Gasteiger partial charge in [-0.1, -0.05) is 6.92 Å². The van der Waals surface area contributed by atoms with Gasteiger partial charge in [0, 0.05) is 40.6 Å². The van der Waals surface area contributed by atoms with E-state index in [1.54, 1.807) is 6.92 Å². The molecule has 1 aromatic carbocycles. The van der Waals surface area contributed by atoms with Crippen LogP contribution in [0.1, 0.15) is 17.3 Å². The summed E-state index contributed by atoms with van der Waals surface area (Å²) >= 11 is 0. The average Bonchev–Trinajstić information content (AvgIpc) is 2.37. The van der Waals surface area contributed by atoms with Gasteiger partial charge >= 0.3 is 0 Å². The number of nitrogens with two attached hydrogens (primary N) is 1. The molecule has 0 aliphatic rings. The topological polar surface area (TPSA) is 115 Å². The van der Waals surface area contributed by atoms with Crippen LogP contribution in [0, 0.1) is 10.1 Å². The second-order valence-electron chi connectivity index (χ2n) is 3.72. The highest BCUT2D eigenvalue weighted by Gasteiger charge is 2.19. The molecule has 1 amide bonds. The van der Waals surface area contributed by atoms with Crippen LogP contribution in [0.2, 0.25) is 0 Å². The van der Waals surface area contributed by atoms with E-state index in [2.05, 4.69) is 5.32 Å². The van der Waals surface area contributed by atoms with Gasteiger partial charge < -0.3 is 11.1 Å². The molecule has 0 fully saturated rings. The van der Waals surface area contributed by atoms with Crippen molar-refractivity contribution in [2.75, 3.05) is 23.8 Å². The number of nitrogens with zero attached hydrogens (tertiary/aromatic N) is 1. The first-order chi connectivity index (χ1) is 8.95. The molecule has 19 heavy (non-hydrogen) atoms. The van der Waals surface area contributed by atoms with E-state index in [4.69, 9.17) is 5.73 Å². The van der Waals surface area contributed by atoms with Crippen molar-refractivity contribution >= 4 is 28.1 Å². The number of carbonyl (C=O) groups is 1. The van der Waals surface area contributed by atoms with Gasteiger partial charge in [0.15, 0.2) is 0 Å². The third-order valence-electron chi connectivity index (χ3n) is 2.40. The quantitative estimate of drug-likeness (QED) is 0.453. The average molecular weight is 285 g/mol. The van der Waals surface area contributed by atoms with Crippen LogP contribution < -0.4 is 11.1 Å². The van der Waals surface area contributed by atoms with Crippen LogP contribution >= 0.6 is 0 Å². The van der Waals surface area contributed by atoms with Gasteiger partial charge in [0.1, 0.15) is 5.56 Å². The van der Waals surface area contributed by atoms with Crippen molar-refractivity contribution in [2.24, 2.45) is 0 Å². The Bertz CT molecular complexity index is 519. The summed E-state index contributed by atoms with van der Waals surface area (Å²) in [5, 5.41) is 13.3. The molecular formula is C11H15N3O4S. The SMILES string of the molecule is CCS(=O)CCNC(=O)c1cc(N)ccc1[N+](=O)[O-]. The standard InChI is InChI=1S/C11H15N3O4S/c1-2-19(18)6-5-13-11(15)9-7-8(12)3-4-10(9)14(16)17/h3-4,7H,2,5-6,12H2,1H3,(H,13,15). The predicted molar refractivity (Wildman–Crippen MR) is 73.4 cm³/mol. The zero-order valence-electron chi connectivity index (χ0n) is 10.4. The highest BCUT2D eigenvalue weighted by Crippen LogP contribution is 2.20. The number of rotatable bonds is 6. The Morgan fingerprint density at radius 3 is 2.79 bits per heavy atom. The fourth-order valence-corrected chi connectivity index (χ4v) is 2.03. The molecular weight excluding hydrogens is 270 g/mol. The maximum Gasteiger partial charge on any atom is 0.282 e. The van der Waals surface area contributed by atoms with Crippen LogP contribution in [0.3, 0.4) is 0 Å². The van der Waals surface area contributed by atoms with E-state index >= 15 is 0 Å². The number of benzene rings is 1. The summed E-state index contributed by atoms with van der Waals surface area (Å²) in [5.41, 5.74) is 5.39. The summed E-state index contributed by atoms with van der Waals surface area (Å²) in [6.45, 7) is 1.98. The largest absolute Gasteiger partial charge is 0.399 e. The van der Waals surface area contributed by atoms with Gasteiger partial charge in [0.2, 0.25) is 0 Å². The van der Waals surface area contributed by atoms with Crippen molar-refractivity contribution in [3.05, 3.63) is 33.9 Å². The minimum Gasteiger partial charge on any atom is -0.399 e. The smallest absolute Gasteiger partial charge is 0.282 e. The van der Waals surface area contributed by atoms with E-state index in [0.717, 1.165) is 0 Å². The first-order valence-corrected chi connectivity index (χ1v) is 7.11. The zero-order valence-corrected chi connectivity index (χ0v) is 11.2. The van der Waals surface area contributed by atoms with E-state index in [1.807, 2.05) is 0 Å². The lowest BCUT2D eigenvalue weighted by molar-refractivity contribution is -0.385. The van der Waals surface area contributed by atoms with Gasteiger partial charge in [0.25, 0.3) is 11.6 Å². The van der Waals surface area contributed by atoms with Crippen LogP contribution in [-0.2, 0) is 10.8 Å². The van der Waals surface area contributed by atoms with Gasteiger partial charge in [-0.2, -0.15) is 0 Å². The molecule has 0 saturated heterocycles. The second-order valence-corrected chi connectivity index (χ2v) is 5.59. The van der Waals surface area contributed by atoms with Gasteiger partial charge in [-0.3, -0.25) is 19.1 Å². The number of nitro benzene ring substituents is 1. The maximum atomic E-state index is 11.8. The van der Waals surface area contributed by atoms with Crippen molar-refractivity contribution in [3.63, 3.8) is 0 Å². The molecule has 7 nitrogen and oxygen atoms in total. The Labute approximate surface area is 112 Å². The van der Waals surface area contributed by atoms with Crippen LogP contribution in [0.5, 0.6) is 0 Å². The van der Waals surface area contributed by atoms with Gasteiger partial charge in [-0.25, -0.2) is 0 Å². The molecule has 8 heteroatoms. The Hall–Kier alpha value is -1.96. The van der Waals surface area contributed by atoms with Crippen LogP contribution in [0.15, 0.2) is 18.2 Å². The van der Waals surface area contributed by atoms with Crippen molar-refractivity contribution in [1.29, 1.82) is 0 Å². The fourth-order valence-electron chi connectivity index (χ4n) is 1.41. The molecule has 104 valence electrons. The van der Waals surface area contributed by atoms with Crippen LogP contribution in [0.25, 0.3) is 0 Å². The summed E-state index contributed by atoms with van der Waals surface area (Å²) in [5.74, 6) is 0.235. The highest BCUT2D eigenvalue weighted by molar-refractivity contribution is 7.84. The third-order valence-corrected chi connectivity index (χ3v) is 3.70. The molecule has 3 N–H and O–H groups in total. The summed E-state index contributed by atoms with van der Waals surface area (Å²) < 4.78 is 11.2. The Morgan fingerprint density at radius 2 is 2.21 bits per heavy atom. The molecule has 0 aliphatic heterocycles. The molecule has 1 atom stereocenters. The molecule has 0 spiro atoms.